The molecule has 0 saturated carbocycles. The normalized spacial score (nSPS) is 16.8. The van der Waals surface area contributed by atoms with Gasteiger partial charge in [-0.3, -0.25) is 14.5 Å². The minimum absolute atomic E-state index is 0.0318. The minimum atomic E-state index is -0.111. The summed E-state index contributed by atoms with van der Waals surface area (Å²) in [5, 5.41) is 6.66. The molecule has 0 aromatic heterocycles. The first-order valence-electron chi connectivity index (χ1n) is 16.1. The number of rotatable bonds is 8. The summed E-state index contributed by atoms with van der Waals surface area (Å²) < 4.78 is 5.82. The number of amides is 2. The molecule has 5 rings (SSSR count). The van der Waals surface area contributed by atoms with Crippen LogP contribution in [-0.2, 0) is 24.4 Å². The van der Waals surface area contributed by atoms with Crippen LogP contribution >= 0.6 is 0 Å². The Balaban J connectivity index is 1.27. The molecule has 2 aliphatic rings. The fraction of sp³-hybridized carbons (Fsp3) is 0.444. The van der Waals surface area contributed by atoms with Gasteiger partial charge >= 0.3 is 0 Å². The number of fused-ring (bicyclic) bond motifs is 1. The van der Waals surface area contributed by atoms with Crippen molar-refractivity contribution in [2.24, 2.45) is 0 Å². The first-order chi connectivity index (χ1) is 21.2. The predicted octanol–water partition coefficient (Wildman–Crippen LogP) is 6.07. The van der Waals surface area contributed by atoms with Gasteiger partial charge in [-0.25, -0.2) is 0 Å². The summed E-state index contributed by atoms with van der Waals surface area (Å²) in [7, 11) is 0. The van der Waals surface area contributed by atoms with Crippen LogP contribution < -0.4 is 20.3 Å². The van der Waals surface area contributed by atoms with Crippen molar-refractivity contribution in [3.8, 4) is 5.75 Å². The first-order valence-corrected chi connectivity index (χ1v) is 16.1. The van der Waals surface area contributed by atoms with Gasteiger partial charge in [-0.1, -0.05) is 68.1 Å². The summed E-state index contributed by atoms with van der Waals surface area (Å²) in [6.45, 7) is 5.87. The molecule has 0 unspecified atom stereocenters. The van der Waals surface area contributed by atoms with E-state index in [9.17, 15) is 9.59 Å². The summed E-state index contributed by atoms with van der Waals surface area (Å²) in [6.07, 6.45) is 9.36. The Labute approximate surface area is 256 Å². The topological polar surface area (TPSA) is 73.9 Å². The fourth-order valence-electron chi connectivity index (χ4n) is 6.02. The second-order valence-corrected chi connectivity index (χ2v) is 11.8. The van der Waals surface area contributed by atoms with Crippen molar-refractivity contribution < 1.29 is 14.3 Å². The van der Waals surface area contributed by atoms with Crippen LogP contribution in [0.25, 0.3) is 0 Å². The summed E-state index contributed by atoms with van der Waals surface area (Å²) in [4.78, 5) is 31.2. The minimum Gasteiger partial charge on any atom is -0.484 e. The van der Waals surface area contributed by atoms with Crippen molar-refractivity contribution in [2.45, 2.75) is 71.0 Å². The van der Waals surface area contributed by atoms with Crippen LogP contribution in [0.1, 0.15) is 78.4 Å². The monoisotopic (exact) mass is 582 g/mol. The lowest BCUT2D eigenvalue weighted by atomic mass is 10.0. The molecule has 1 fully saturated rings. The Morgan fingerprint density at radius 1 is 0.767 bits per heavy atom. The Hall–Kier alpha value is -3.68. The van der Waals surface area contributed by atoms with Crippen LogP contribution in [0.4, 0.5) is 5.69 Å². The van der Waals surface area contributed by atoms with Gasteiger partial charge < -0.3 is 20.3 Å². The maximum atomic E-state index is 13.5. The van der Waals surface area contributed by atoms with Gasteiger partial charge in [0.15, 0.2) is 6.61 Å². The molecule has 3 aromatic carbocycles. The summed E-state index contributed by atoms with van der Waals surface area (Å²) >= 11 is 0. The van der Waals surface area contributed by atoms with Gasteiger partial charge in [0.2, 0.25) is 0 Å². The molecule has 0 spiro atoms. The lowest BCUT2D eigenvalue weighted by Gasteiger charge is -2.27. The largest absolute Gasteiger partial charge is 0.484 e. The van der Waals surface area contributed by atoms with E-state index in [1.807, 2.05) is 53.4 Å². The SMILES string of the molecule is O=C(NCc1cccc(CN2CCCCC2)c1)c1ccc2c(c1)CNCCCCCCCN2C(=O)COc1ccccc1. The summed E-state index contributed by atoms with van der Waals surface area (Å²) in [5.41, 5.74) is 4.79. The second kappa shape index (κ2) is 16.2. The molecule has 0 aliphatic carbocycles. The van der Waals surface area contributed by atoms with Crippen LogP contribution in [0.3, 0.4) is 0 Å². The Bertz CT molecular complexity index is 1320. The lowest BCUT2D eigenvalue weighted by molar-refractivity contribution is -0.120. The number of hydrogen-bond donors (Lipinski definition) is 2. The number of benzene rings is 3. The van der Waals surface area contributed by atoms with Gasteiger partial charge in [-0.15, -0.1) is 0 Å². The number of carbonyl (C=O) groups is 2. The van der Waals surface area contributed by atoms with Crippen LogP contribution in [0.5, 0.6) is 5.75 Å². The van der Waals surface area contributed by atoms with Gasteiger partial charge in [0.1, 0.15) is 5.75 Å². The molecular formula is C36H46N4O3. The molecule has 7 heteroatoms. The Morgan fingerprint density at radius 2 is 1.51 bits per heavy atom. The van der Waals surface area contributed by atoms with Crippen LogP contribution in [-0.4, -0.2) is 49.5 Å². The molecule has 3 aromatic rings. The molecule has 2 amide bonds. The van der Waals surface area contributed by atoms with Crippen molar-refractivity contribution in [3.63, 3.8) is 0 Å². The van der Waals surface area contributed by atoms with E-state index >= 15 is 0 Å². The van der Waals surface area contributed by atoms with E-state index in [-0.39, 0.29) is 18.4 Å². The predicted molar refractivity (Wildman–Crippen MR) is 172 cm³/mol. The molecule has 2 heterocycles. The Kier molecular flexibility index (Phi) is 11.6. The average molecular weight is 583 g/mol. The summed E-state index contributed by atoms with van der Waals surface area (Å²) in [6, 6.07) is 23.7. The highest BCUT2D eigenvalue weighted by Gasteiger charge is 2.21. The van der Waals surface area contributed by atoms with E-state index in [2.05, 4.69) is 39.8 Å². The van der Waals surface area contributed by atoms with Crippen LogP contribution in [0.15, 0.2) is 72.8 Å². The van der Waals surface area contributed by atoms with E-state index in [1.165, 1.54) is 31.2 Å². The molecule has 2 aliphatic heterocycles. The Morgan fingerprint density at radius 3 is 2.37 bits per heavy atom. The van der Waals surface area contributed by atoms with E-state index in [0.29, 0.717) is 30.9 Å². The third-order valence-electron chi connectivity index (χ3n) is 8.39. The van der Waals surface area contributed by atoms with Crippen molar-refractivity contribution in [1.82, 2.24) is 15.5 Å². The quantitative estimate of drug-likeness (QED) is 0.337. The number of ether oxygens (including phenoxy) is 1. The van der Waals surface area contributed by atoms with E-state index in [0.717, 1.165) is 68.7 Å². The highest BCUT2D eigenvalue weighted by atomic mass is 16.5. The second-order valence-electron chi connectivity index (χ2n) is 11.8. The maximum absolute atomic E-state index is 13.5. The molecule has 0 radical (unpaired) electrons. The number of hydrogen-bond acceptors (Lipinski definition) is 5. The average Bonchev–Trinajstić information content (AvgIpc) is 3.04. The molecule has 0 atom stereocenters. The third-order valence-corrected chi connectivity index (χ3v) is 8.39. The molecule has 2 N–H and O–H groups in total. The molecule has 7 nitrogen and oxygen atoms in total. The van der Waals surface area contributed by atoms with Crippen molar-refractivity contribution in [1.29, 1.82) is 0 Å². The van der Waals surface area contributed by atoms with Crippen molar-refractivity contribution in [3.05, 3.63) is 95.1 Å². The lowest BCUT2D eigenvalue weighted by Crippen LogP contribution is -2.37. The smallest absolute Gasteiger partial charge is 0.264 e. The molecule has 1 saturated heterocycles. The zero-order valence-electron chi connectivity index (χ0n) is 25.4. The number of para-hydroxylation sites is 1. The van der Waals surface area contributed by atoms with E-state index < -0.39 is 0 Å². The number of carbonyl (C=O) groups excluding carboxylic acids is 2. The highest BCUT2D eigenvalue weighted by molar-refractivity contribution is 5.98. The van der Waals surface area contributed by atoms with Crippen molar-refractivity contribution in [2.75, 3.05) is 37.7 Å². The number of piperidine rings is 1. The third kappa shape index (κ3) is 9.40. The molecular weight excluding hydrogens is 536 g/mol. The van der Waals surface area contributed by atoms with E-state index in [4.69, 9.17) is 4.74 Å². The summed E-state index contributed by atoms with van der Waals surface area (Å²) in [5.74, 6) is 0.487. The maximum Gasteiger partial charge on any atom is 0.264 e. The zero-order chi connectivity index (χ0) is 29.7. The van der Waals surface area contributed by atoms with Crippen LogP contribution in [0.2, 0.25) is 0 Å². The number of nitrogens with one attached hydrogen (secondary N) is 2. The molecule has 43 heavy (non-hydrogen) atoms. The van der Waals surface area contributed by atoms with Gasteiger partial charge in [0.25, 0.3) is 11.8 Å². The van der Waals surface area contributed by atoms with E-state index in [1.54, 1.807) is 0 Å². The van der Waals surface area contributed by atoms with Gasteiger partial charge in [-0.05, 0) is 92.3 Å². The highest BCUT2D eigenvalue weighted by Crippen LogP contribution is 2.25. The van der Waals surface area contributed by atoms with Gasteiger partial charge in [0.05, 0.1) is 0 Å². The fourth-order valence-corrected chi connectivity index (χ4v) is 6.02. The molecule has 228 valence electrons. The zero-order valence-corrected chi connectivity index (χ0v) is 25.4. The molecule has 0 bridgehead atoms. The van der Waals surface area contributed by atoms with Crippen LogP contribution in [0, 0.1) is 0 Å². The van der Waals surface area contributed by atoms with Crippen molar-refractivity contribution >= 4 is 17.5 Å². The standard InChI is InChI=1S/C36H46N4O3/c41-35(28-43-33-15-6-4-7-16-33)40-22-11-3-1-2-8-19-37-26-32-24-31(17-18-34(32)40)36(42)38-25-29-13-12-14-30(23-29)27-39-20-9-5-10-21-39/h4,6-7,12-18,23-24,37H,1-3,5,8-11,19-22,25-28H2,(H,38,42). The number of likely N-dealkylation sites (tertiary alicyclic amines) is 1. The number of anilines is 1. The van der Waals surface area contributed by atoms with Gasteiger partial charge in [0, 0.05) is 37.4 Å². The van der Waals surface area contributed by atoms with Gasteiger partial charge in [-0.2, -0.15) is 0 Å². The number of nitrogens with zero attached hydrogens (tertiary/aromatic N) is 2. The first kappa shape index (κ1) is 30.8.